The fraction of sp³-hybridized carbons (Fsp3) is 0.188. The zero-order chi connectivity index (χ0) is 15.0. The molecule has 2 aromatic rings. The standard InChI is InChI=1S/C16H14FNO2S/c1-21(19,20)14-6-7-15-12(10-14)8-9-18-16(15)11-2-4-13(17)5-3-11/h2-7,10H,8-9H2,1H3. The Morgan fingerprint density at radius 2 is 1.81 bits per heavy atom. The first-order chi connectivity index (χ1) is 9.95. The molecule has 0 atom stereocenters. The molecular formula is C16H14FNO2S. The Bertz CT molecular complexity index is 824. The molecule has 0 spiro atoms. The van der Waals surface area contributed by atoms with Gasteiger partial charge in [-0.05, 0) is 48.4 Å². The molecule has 0 aliphatic carbocycles. The fourth-order valence-corrected chi connectivity index (χ4v) is 3.14. The van der Waals surface area contributed by atoms with Gasteiger partial charge in [-0.15, -0.1) is 0 Å². The zero-order valence-electron chi connectivity index (χ0n) is 11.5. The van der Waals surface area contributed by atoms with Crippen LogP contribution in [0.4, 0.5) is 4.39 Å². The third kappa shape index (κ3) is 2.74. The van der Waals surface area contributed by atoms with Gasteiger partial charge in [0, 0.05) is 23.9 Å². The molecule has 0 bridgehead atoms. The number of nitrogens with zero attached hydrogens (tertiary/aromatic N) is 1. The van der Waals surface area contributed by atoms with E-state index in [0.29, 0.717) is 17.9 Å². The molecule has 108 valence electrons. The maximum Gasteiger partial charge on any atom is 0.175 e. The second-order valence-electron chi connectivity index (χ2n) is 5.08. The van der Waals surface area contributed by atoms with Crippen LogP contribution in [0.2, 0.25) is 0 Å². The van der Waals surface area contributed by atoms with Crippen molar-refractivity contribution in [1.82, 2.24) is 0 Å². The van der Waals surface area contributed by atoms with Gasteiger partial charge >= 0.3 is 0 Å². The van der Waals surface area contributed by atoms with E-state index in [-0.39, 0.29) is 5.82 Å². The molecule has 0 amide bonds. The van der Waals surface area contributed by atoms with Gasteiger partial charge in [0.2, 0.25) is 0 Å². The smallest absolute Gasteiger partial charge is 0.175 e. The third-order valence-electron chi connectivity index (χ3n) is 3.53. The SMILES string of the molecule is CS(=O)(=O)c1ccc2c(c1)CCN=C2c1ccc(F)cc1. The van der Waals surface area contributed by atoms with Crippen molar-refractivity contribution in [3.8, 4) is 0 Å². The number of fused-ring (bicyclic) bond motifs is 1. The number of sulfone groups is 1. The van der Waals surface area contributed by atoms with Crippen molar-refractivity contribution in [2.45, 2.75) is 11.3 Å². The Balaban J connectivity index is 2.09. The summed E-state index contributed by atoms with van der Waals surface area (Å²) in [5.74, 6) is -0.289. The number of halogens is 1. The molecule has 2 aromatic carbocycles. The summed E-state index contributed by atoms with van der Waals surface area (Å²) in [7, 11) is -3.21. The van der Waals surface area contributed by atoms with Crippen molar-refractivity contribution in [2.75, 3.05) is 12.8 Å². The normalized spacial score (nSPS) is 14.5. The largest absolute Gasteiger partial charge is 0.284 e. The predicted molar refractivity (Wildman–Crippen MR) is 80.2 cm³/mol. The first-order valence-corrected chi connectivity index (χ1v) is 8.48. The highest BCUT2D eigenvalue weighted by Gasteiger charge is 2.18. The average molecular weight is 303 g/mol. The molecule has 0 N–H and O–H groups in total. The van der Waals surface area contributed by atoms with E-state index in [2.05, 4.69) is 4.99 Å². The van der Waals surface area contributed by atoms with Crippen LogP contribution in [0.1, 0.15) is 16.7 Å². The minimum Gasteiger partial charge on any atom is -0.284 e. The van der Waals surface area contributed by atoms with Gasteiger partial charge < -0.3 is 0 Å². The lowest BCUT2D eigenvalue weighted by Gasteiger charge is -2.18. The molecule has 5 heteroatoms. The molecule has 0 fully saturated rings. The zero-order valence-corrected chi connectivity index (χ0v) is 12.3. The number of benzene rings is 2. The summed E-state index contributed by atoms with van der Waals surface area (Å²) in [6.07, 6.45) is 1.91. The van der Waals surface area contributed by atoms with Crippen LogP contribution in [0, 0.1) is 5.82 Å². The van der Waals surface area contributed by atoms with Gasteiger partial charge in [-0.2, -0.15) is 0 Å². The van der Waals surface area contributed by atoms with Gasteiger partial charge in [0.15, 0.2) is 9.84 Å². The summed E-state index contributed by atoms with van der Waals surface area (Å²) in [6.45, 7) is 0.604. The van der Waals surface area contributed by atoms with Crippen LogP contribution in [-0.2, 0) is 16.3 Å². The summed E-state index contributed by atoms with van der Waals surface area (Å²) >= 11 is 0. The van der Waals surface area contributed by atoms with Crippen molar-refractivity contribution in [2.24, 2.45) is 4.99 Å². The summed E-state index contributed by atoms with van der Waals surface area (Å²) in [4.78, 5) is 4.83. The summed E-state index contributed by atoms with van der Waals surface area (Å²) < 4.78 is 36.3. The molecule has 0 aromatic heterocycles. The van der Waals surface area contributed by atoms with Gasteiger partial charge in [-0.1, -0.05) is 6.07 Å². The quantitative estimate of drug-likeness (QED) is 0.856. The predicted octanol–water partition coefficient (Wildman–Crippen LogP) is 2.62. The first kappa shape index (κ1) is 13.9. The molecule has 3 nitrogen and oxygen atoms in total. The topological polar surface area (TPSA) is 46.5 Å². The number of aliphatic imine (C=N–C) groups is 1. The second kappa shape index (κ2) is 5.07. The summed E-state index contributed by atoms with van der Waals surface area (Å²) in [5.41, 5.74) is 3.51. The average Bonchev–Trinajstić information content (AvgIpc) is 2.46. The Kier molecular flexibility index (Phi) is 3.37. The highest BCUT2D eigenvalue weighted by Crippen LogP contribution is 2.23. The molecule has 0 saturated carbocycles. The minimum absolute atomic E-state index is 0.289. The summed E-state index contributed by atoms with van der Waals surface area (Å²) in [6, 6.07) is 11.3. The Labute approximate surface area is 123 Å². The van der Waals surface area contributed by atoms with Crippen LogP contribution in [0.3, 0.4) is 0 Å². The van der Waals surface area contributed by atoms with Gasteiger partial charge in [0.1, 0.15) is 5.82 Å². The molecule has 3 rings (SSSR count). The monoisotopic (exact) mass is 303 g/mol. The van der Waals surface area contributed by atoms with Crippen molar-refractivity contribution in [3.05, 3.63) is 65.0 Å². The van der Waals surface area contributed by atoms with E-state index in [9.17, 15) is 12.8 Å². The Morgan fingerprint density at radius 1 is 1.10 bits per heavy atom. The van der Waals surface area contributed by atoms with Crippen LogP contribution >= 0.6 is 0 Å². The highest BCUT2D eigenvalue weighted by atomic mass is 32.2. The lowest BCUT2D eigenvalue weighted by Crippen LogP contribution is -2.15. The molecule has 21 heavy (non-hydrogen) atoms. The minimum atomic E-state index is -3.21. The lowest BCUT2D eigenvalue weighted by molar-refractivity contribution is 0.601. The molecule has 1 aliphatic heterocycles. The van der Waals surface area contributed by atoms with E-state index in [1.54, 1.807) is 30.3 Å². The number of hydrogen-bond donors (Lipinski definition) is 0. The Hall–Kier alpha value is -2.01. The van der Waals surface area contributed by atoms with Crippen molar-refractivity contribution >= 4 is 15.5 Å². The molecule has 1 aliphatic rings. The van der Waals surface area contributed by atoms with Crippen LogP contribution in [0.5, 0.6) is 0 Å². The van der Waals surface area contributed by atoms with E-state index in [1.807, 2.05) is 0 Å². The van der Waals surface area contributed by atoms with Gasteiger partial charge in [-0.25, -0.2) is 12.8 Å². The molecular weight excluding hydrogens is 289 g/mol. The maximum absolute atomic E-state index is 13.0. The van der Waals surface area contributed by atoms with Crippen LogP contribution < -0.4 is 0 Å². The Morgan fingerprint density at radius 3 is 2.48 bits per heavy atom. The summed E-state index contributed by atoms with van der Waals surface area (Å²) in [5, 5.41) is 0. The van der Waals surface area contributed by atoms with E-state index in [4.69, 9.17) is 0 Å². The first-order valence-electron chi connectivity index (χ1n) is 6.59. The molecule has 0 saturated heterocycles. The van der Waals surface area contributed by atoms with Crippen LogP contribution in [-0.4, -0.2) is 26.9 Å². The molecule has 1 heterocycles. The van der Waals surface area contributed by atoms with Crippen molar-refractivity contribution < 1.29 is 12.8 Å². The lowest BCUT2D eigenvalue weighted by atomic mass is 9.93. The van der Waals surface area contributed by atoms with E-state index in [0.717, 1.165) is 22.4 Å². The fourth-order valence-electron chi connectivity index (χ4n) is 2.47. The number of rotatable bonds is 2. The maximum atomic E-state index is 13.0. The van der Waals surface area contributed by atoms with Gasteiger partial charge in [-0.3, -0.25) is 4.99 Å². The van der Waals surface area contributed by atoms with E-state index >= 15 is 0 Å². The van der Waals surface area contributed by atoms with E-state index < -0.39 is 9.84 Å². The van der Waals surface area contributed by atoms with Crippen LogP contribution in [0.25, 0.3) is 0 Å². The van der Waals surface area contributed by atoms with E-state index in [1.165, 1.54) is 18.4 Å². The second-order valence-corrected chi connectivity index (χ2v) is 7.09. The van der Waals surface area contributed by atoms with Crippen molar-refractivity contribution in [1.29, 1.82) is 0 Å². The van der Waals surface area contributed by atoms with Gasteiger partial charge in [0.05, 0.1) is 10.6 Å². The van der Waals surface area contributed by atoms with Crippen molar-refractivity contribution in [3.63, 3.8) is 0 Å². The molecule has 0 radical (unpaired) electrons. The van der Waals surface area contributed by atoms with Crippen LogP contribution in [0.15, 0.2) is 52.4 Å². The molecule has 0 unspecified atom stereocenters. The number of hydrogen-bond acceptors (Lipinski definition) is 3. The highest BCUT2D eigenvalue weighted by molar-refractivity contribution is 7.90. The third-order valence-corrected chi connectivity index (χ3v) is 4.64. The van der Waals surface area contributed by atoms with Gasteiger partial charge in [0.25, 0.3) is 0 Å².